The third-order valence-electron chi connectivity index (χ3n) is 6.34. The third-order valence-corrected chi connectivity index (χ3v) is 8.12. The van der Waals surface area contributed by atoms with Gasteiger partial charge in [-0.2, -0.15) is 0 Å². The van der Waals surface area contributed by atoms with Gasteiger partial charge in [-0.05, 0) is 61.3 Å². The van der Waals surface area contributed by atoms with Crippen molar-refractivity contribution in [2.24, 2.45) is 11.8 Å². The number of nitrogens with one attached hydrogen (secondary N) is 1. The summed E-state index contributed by atoms with van der Waals surface area (Å²) in [5.74, 6) is 1.04. The quantitative estimate of drug-likeness (QED) is 0.753. The number of aryl methyl sites for hydroxylation is 1. The minimum Gasteiger partial charge on any atom is -0.352 e. The molecule has 6 heteroatoms. The molecule has 2 aliphatic carbocycles. The van der Waals surface area contributed by atoms with Crippen molar-refractivity contribution in [2.75, 3.05) is 10.8 Å². The van der Waals surface area contributed by atoms with Crippen LogP contribution in [-0.4, -0.2) is 26.9 Å². The lowest BCUT2D eigenvalue weighted by Crippen LogP contribution is -2.46. The fourth-order valence-electron chi connectivity index (χ4n) is 4.88. The second-order valence-electron chi connectivity index (χ2n) is 8.16. The molecule has 3 atom stereocenters. The monoisotopic (exact) mass is 412 g/mol. The van der Waals surface area contributed by atoms with E-state index in [4.69, 9.17) is 0 Å². The maximum Gasteiger partial charge on any atom is 0.264 e. The molecule has 4 rings (SSSR count). The standard InChI is InChI=1S/C23H28N2O3S/c1-2-18-8-6-7-11-22(18)25(29(27,28)20-9-4-3-5-10-20)16-23(26)24-21-15-17-12-13-19(21)14-17/h3-11,17,19,21H,2,12-16H2,1H3,(H,24,26)/t17-,19-,21-/m0/s1. The Balaban J connectivity index is 1.62. The fourth-order valence-corrected chi connectivity index (χ4v) is 6.36. The molecule has 2 bridgehead atoms. The van der Waals surface area contributed by atoms with Crippen molar-refractivity contribution in [3.63, 3.8) is 0 Å². The Hall–Kier alpha value is -2.34. The van der Waals surface area contributed by atoms with Gasteiger partial charge in [-0.1, -0.05) is 49.7 Å². The maximum atomic E-state index is 13.4. The van der Waals surface area contributed by atoms with Gasteiger partial charge >= 0.3 is 0 Å². The van der Waals surface area contributed by atoms with Gasteiger partial charge in [0.2, 0.25) is 5.91 Å². The molecular weight excluding hydrogens is 384 g/mol. The third kappa shape index (κ3) is 4.04. The van der Waals surface area contributed by atoms with Gasteiger partial charge in [-0.25, -0.2) is 8.42 Å². The Labute approximate surface area is 173 Å². The van der Waals surface area contributed by atoms with Crippen LogP contribution < -0.4 is 9.62 Å². The number of carbonyl (C=O) groups is 1. The minimum absolute atomic E-state index is 0.184. The molecule has 0 radical (unpaired) electrons. The first-order valence-electron chi connectivity index (χ1n) is 10.4. The van der Waals surface area contributed by atoms with Crippen molar-refractivity contribution in [3.8, 4) is 0 Å². The summed E-state index contributed by atoms with van der Waals surface area (Å²) in [5.41, 5.74) is 1.47. The molecule has 1 amide bonds. The summed E-state index contributed by atoms with van der Waals surface area (Å²) in [4.78, 5) is 13.1. The number of benzene rings is 2. The molecule has 2 aliphatic rings. The van der Waals surface area contributed by atoms with Crippen molar-refractivity contribution in [3.05, 3.63) is 60.2 Å². The van der Waals surface area contributed by atoms with Gasteiger partial charge in [-0.3, -0.25) is 9.10 Å². The molecule has 0 heterocycles. The van der Waals surface area contributed by atoms with Gasteiger partial charge in [0.1, 0.15) is 6.54 Å². The molecule has 2 fully saturated rings. The molecule has 2 aromatic carbocycles. The Bertz CT molecular complexity index is 975. The van der Waals surface area contributed by atoms with Gasteiger partial charge in [0.05, 0.1) is 10.6 Å². The molecule has 154 valence electrons. The maximum absolute atomic E-state index is 13.4. The van der Waals surface area contributed by atoms with E-state index in [0.29, 0.717) is 18.0 Å². The topological polar surface area (TPSA) is 66.5 Å². The van der Waals surface area contributed by atoms with Crippen molar-refractivity contribution in [2.45, 2.75) is 50.0 Å². The van der Waals surface area contributed by atoms with Crippen LogP contribution in [0, 0.1) is 11.8 Å². The molecule has 2 saturated carbocycles. The number of sulfonamides is 1. The van der Waals surface area contributed by atoms with Crippen LogP contribution >= 0.6 is 0 Å². The predicted molar refractivity (Wildman–Crippen MR) is 114 cm³/mol. The summed E-state index contributed by atoms with van der Waals surface area (Å²) in [6, 6.07) is 15.9. The SMILES string of the molecule is CCc1ccccc1N(CC(=O)N[C@H]1C[C@H]2CC[C@H]1C2)S(=O)(=O)c1ccccc1. The summed E-state index contributed by atoms with van der Waals surface area (Å²) >= 11 is 0. The number of fused-ring (bicyclic) bond motifs is 2. The lowest BCUT2D eigenvalue weighted by atomic mass is 9.95. The molecule has 0 saturated heterocycles. The first-order valence-corrected chi connectivity index (χ1v) is 11.9. The second-order valence-corrected chi connectivity index (χ2v) is 10.0. The zero-order valence-corrected chi connectivity index (χ0v) is 17.6. The number of hydrogen-bond donors (Lipinski definition) is 1. The molecule has 0 aliphatic heterocycles. The van der Waals surface area contributed by atoms with Crippen LogP contribution in [0.2, 0.25) is 0 Å². The normalized spacial score (nSPS) is 23.1. The van der Waals surface area contributed by atoms with Crippen LogP contribution in [-0.2, 0) is 21.2 Å². The van der Waals surface area contributed by atoms with Gasteiger partial charge in [0.25, 0.3) is 10.0 Å². The number of amides is 1. The molecule has 0 aromatic heterocycles. The van der Waals surface area contributed by atoms with Gasteiger partial charge in [0.15, 0.2) is 0 Å². The Morgan fingerprint density at radius 1 is 1.03 bits per heavy atom. The van der Waals surface area contributed by atoms with E-state index < -0.39 is 10.0 Å². The van der Waals surface area contributed by atoms with E-state index in [0.717, 1.165) is 17.9 Å². The van der Waals surface area contributed by atoms with Crippen LogP contribution in [0.15, 0.2) is 59.5 Å². The molecule has 29 heavy (non-hydrogen) atoms. The summed E-state index contributed by atoms with van der Waals surface area (Å²) in [7, 11) is -3.85. The summed E-state index contributed by atoms with van der Waals surface area (Å²) in [6.07, 6.45) is 5.32. The van der Waals surface area contributed by atoms with E-state index in [1.54, 1.807) is 36.4 Å². The lowest BCUT2D eigenvalue weighted by Gasteiger charge is -2.28. The van der Waals surface area contributed by atoms with E-state index in [1.807, 2.05) is 25.1 Å². The highest BCUT2D eigenvalue weighted by Gasteiger charge is 2.40. The second kappa shape index (κ2) is 8.19. The van der Waals surface area contributed by atoms with Crippen LogP contribution in [0.25, 0.3) is 0 Å². The van der Waals surface area contributed by atoms with Gasteiger partial charge < -0.3 is 5.32 Å². The number of hydrogen-bond acceptors (Lipinski definition) is 3. The molecule has 1 N–H and O–H groups in total. The fraction of sp³-hybridized carbons (Fsp3) is 0.435. The highest BCUT2D eigenvalue weighted by atomic mass is 32.2. The van der Waals surface area contributed by atoms with Crippen LogP contribution in [0.3, 0.4) is 0 Å². The zero-order chi connectivity index (χ0) is 20.4. The zero-order valence-electron chi connectivity index (χ0n) is 16.8. The highest BCUT2D eigenvalue weighted by Crippen LogP contribution is 2.44. The first kappa shape index (κ1) is 20.0. The first-order chi connectivity index (χ1) is 14.0. The van der Waals surface area contributed by atoms with E-state index in [9.17, 15) is 13.2 Å². The molecule has 0 unspecified atom stereocenters. The Morgan fingerprint density at radius 2 is 1.76 bits per heavy atom. The Morgan fingerprint density at radius 3 is 2.41 bits per heavy atom. The number of nitrogens with zero attached hydrogens (tertiary/aromatic N) is 1. The van der Waals surface area contributed by atoms with E-state index in [1.165, 1.54) is 23.6 Å². The average Bonchev–Trinajstić information content (AvgIpc) is 3.36. The van der Waals surface area contributed by atoms with Gasteiger partial charge in [0, 0.05) is 6.04 Å². The summed E-state index contributed by atoms with van der Waals surface area (Å²) in [5, 5.41) is 3.13. The predicted octanol–water partition coefficient (Wildman–Crippen LogP) is 3.75. The number of para-hydroxylation sites is 1. The summed E-state index contributed by atoms with van der Waals surface area (Å²) in [6.45, 7) is 1.78. The largest absolute Gasteiger partial charge is 0.352 e. The van der Waals surface area contributed by atoms with E-state index in [-0.39, 0.29) is 23.4 Å². The molecular formula is C23H28N2O3S. The van der Waals surface area contributed by atoms with Gasteiger partial charge in [-0.15, -0.1) is 0 Å². The van der Waals surface area contributed by atoms with Crippen LogP contribution in [0.5, 0.6) is 0 Å². The summed E-state index contributed by atoms with van der Waals surface area (Å²) < 4.78 is 28.2. The van der Waals surface area contributed by atoms with E-state index in [2.05, 4.69) is 5.32 Å². The number of rotatable bonds is 7. The van der Waals surface area contributed by atoms with Crippen LogP contribution in [0.1, 0.15) is 38.2 Å². The molecule has 2 aromatic rings. The smallest absolute Gasteiger partial charge is 0.264 e. The Kier molecular flexibility index (Phi) is 5.63. The van der Waals surface area contributed by atoms with Crippen molar-refractivity contribution in [1.29, 1.82) is 0 Å². The minimum atomic E-state index is -3.85. The number of anilines is 1. The number of carbonyl (C=O) groups excluding carboxylic acids is 1. The van der Waals surface area contributed by atoms with Crippen molar-refractivity contribution in [1.82, 2.24) is 5.32 Å². The van der Waals surface area contributed by atoms with E-state index >= 15 is 0 Å². The lowest BCUT2D eigenvalue weighted by molar-refractivity contribution is -0.120. The molecule has 0 spiro atoms. The van der Waals surface area contributed by atoms with Crippen molar-refractivity contribution < 1.29 is 13.2 Å². The van der Waals surface area contributed by atoms with Crippen molar-refractivity contribution >= 4 is 21.6 Å². The van der Waals surface area contributed by atoms with Crippen LogP contribution in [0.4, 0.5) is 5.69 Å². The average molecular weight is 413 g/mol. The molecule has 5 nitrogen and oxygen atoms in total. The highest BCUT2D eigenvalue weighted by molar-refractivity contribution is 7.92.